The highest BCUT2D eigenvalue weighted by Gasteiger charge is 2.15. The van der Waals surface area contributed by atoms with E-state index < -0.39 is 17.8 Å². The molecule has 0 bridgehead atoms. The van der Waals surface area contributed by atoms with E-state index in [0.717, 1.165) is 17.1 Å². The third-order valence-electron chi connectivity index (χ3n) is 3.60. The Labute approximate surface area is 157 Å². The molecule has 0 amide bonds. The monoisotopic (exact) mass is 391 g/mol. The van der Waals surface area contributed by atoms with Crippen LogP contribution in [-0.2, 0) is 0 Å². The van der Waals surface area contributed by atoms with Crippen LogP contribution in [0.25, 0.3) is 11.4 Å². The molecule has 0 aliphatic carbocycles. The Morgan fingerprint density at radius 1 is 1.25 bits per heavy atom. The van der Waals surface area contributed by atoms with Crippen molar-refractivity contribution in [2.24, 2.45) is 11.6 Å². The zero-order valence-corrected chi connectivity index (χ0v) is 14.4. The highest BCUT2D eigenvalue weighted by Crippen LogP contribution is 2.26. The number of ether oxygens (including phenoxy) is 1. The van der Waals surface area contributed by atoms with Crippen LogP contribution in [0.2, 0.25) is 0 Å². The number of rotatable bonds is 7. The summed E-state index contributed by atoms with van der Waals surface area (Å²) in [7, 11) is 0. The first-order valence-corrected chi connectivity index (χ1v) is 7.97. The van der Waals surface area contributed by atoms with Gasteiger partial charge in [0.2, 0.25) is 0 Å². The van der Waals surface area contributed by atoms with Gasteiger partial charge < -0.3 is 10.5 Å². The maximum atomic E-state index is 13.4. The van der Waals surface area contributed by atoms with Gasteiger partial charge in [0.25, 0.3) is 6.43 Å². The fourth-order valence-electron chi connectivity index (χ4n) is 2.26. The molecule has 28 heavy (non-hydrogen) atoms. The molecule has 0 fully saturated rings. The number of aromatic amines is 1. The molecule has 0 aliphatic heterocycles. The number of anilines is 1. The van der Waals surface area contributed by atoms with Gasteiger partial charge in [-0.1, -0.05) is 0 Å². The average molecular weight is 391 g/mol. The second-order valence-corrected chi connectivity index (χ2v) is 5.60. The largest absolute Gasteiger partial charge is 0.457 e. The van der Waals surface area contributed by atoms with Crippen molar-refractivity contribution in [2.45, 2.75) is 6.43 Å². The van der Waals surface area contributed by atoms with E-state index >= 15 is 0 Å². The van der Waals surface area contributed by atoms with E-state index in [2.05, 4.69) is 20.2 Å². The van der Waals surface area contributed by atoms with Crippen molar-refractivity contribution in [2.75, 3.05) is 11.6 Å². The standard InChI is InChI=1S/C17H16F3N7O/c18-13-2-1-11(7-12(13)16(19)20)27(22)8-10(21)9-28-17-23-5-3-14(25-17)15-4-6-24-26-15/h1-8,16H,9,21-22H2,(H,24,26)/b10-8-. The molecular weight excluding hydrogens is 375 g/mol. The van der Waals surface area contributed by atoms with Crippen molar-refractivity contribution in [1.29, 1.82) is 0 Å². The Morgan fingerprint density at radius 3 is 2.79 bits per heavy atom. The van der Waals surface area contributed by atoms with E-state index in [9.17, 15) is 13.2 Å². The highest BCUT2D eigenvalue weighted by atomic mass is 19.3. The number of hydrazine groups is 1. The molecule has 3 rings (SSSR count). The summed E-state index contributed by atoms with van der Waals surface area (Å²) in [6, 6.07) is 6.60. The number of hydrogen-bond acceptors (Lipinski definition) is 7. The van der Waals surface area contributed by atoms with Gasteiger partial charge in [0.1, 0.15) is 12.4 Å². The number of nitrogens with zero attached hydrogens (tertiary/aromatic N) is 4. The number of alkyl halides is 2. The van der Waals surface area contributed by atoms with E-state index in [4.69, 9.17) is 16.3 Å². The van der Waals surface area contributed by atoms with Gasteiger partial charge >= 0.3 is 6.01 Å². The average Bonchev–Trinajstić information content (AvgIpc) is 3.21. The molecule has 0 saturated carbocycles. The van der Waals surface area contributed by atoms with Crippen LogP contribution in [-0.4, -0.2) is 26.8 Å². The summed E-state index contributed by atoms with van der Waals surface area (Å²) in [5.41, 5.74) is 6.66. The third-order valence-corrected chi connectivity index (χ3v) is 3.60. The van der Waals surface area contributed by atoms with Gasteiger partial charge in [-0.2, -0.15) is 10.1 Å². The smallest absolute Gasteiger partial charge is 0.317 e. The predicted octanol–water partition coefficient (Wildman–Crippen LogP) is 2.50. The van der Waals surface area contributed by atoms with Crippen LogP contribution in [0, 0.1) is 5.82 Å². The van der Waals surface area contributed by atoms with Crippen LogP contribution in [0.3, 0.4) is 0 Å². The van der Waals surface area contributed by atoms with Crippen molar-refractivity contribution < 1.29 is 17.9 Å². The molecule has 2 heterocycles. The summed E-state index contributed by atoms with van der Waals surface area (Å²) in [4.78, 5) is 8.19. The lowest BCUT2D eigenvalue weighted by Gasteiger charge is -2.16. The van der Waals surface area contributed by atoms with E-state index in [0.29, 0.717) is 11.4 Å². The van der Waals surface area contributed by atoms with Crippen LogP contribution in [0.1, 0.15) is 12.0 Å². The van der Waals surface area contributed by atoms with E-state index in [1.807, 2.05) is 0 Å². The van der Waals surface area contributed by atoms with Crippen LogP contribution in [0.4, 0.5) is 18.9 Å². The van der Waals surface area contributed by atoms with Crippen LogP contribution in [0.15, 0.2) is 54.6 Å². The molecule has 0 spiro atoms. The molecule has 3 aromatic rings. The Bertz CT molecular complexity index is 963. The molecule has 0 atom stereocenters. The highest BCUT2D eigenvalue weighted by molar-refractivity contribution is 5.53. The third kappa shape index (κ3) is 4.57. The van der Waals surface area contributed by atoms with E-state index in [1.54, 1.807) is 18.3 Å². The van der Waals surface area contributed by atoms with Crippen LogP contribution in [0.5, 0.6) is 6.01 Å². The fraction of sp³-hybridized carbons (Fsp3) is 0.118. The number of nitrogens with two attached hydrogens (primary N) is 2. The van der Waals surface area contributed by atoms with Crippen LogP contribution < -0.4 is 21.3 Å². The lowest BCUT2D eigenvalue weighted by molar-refractivity contribution is 0.146. The van der Waals surface area contributed by atoms with Crippen molar-refractivity contribution >= 4 is 5.69 Å². The zero-order valence-electron chi connectivity index (χ0n) is 14.4. The molecule has 5 N–H and O–H groups in total. The first-order chi connectivity index (χ1) is 13.4. The summed E-state index contributed by atoms with van der Waals surface area (Å²) >= 11 is 0. The van der Waals surface area contributed by atoms with Crippen molar-refractivity contribution in [3.8, 4) is 17.4 Å². The minimum absolute atomic E-state index is 0.0776. The maximum absolute atomic E-state index is 13.4. The number of benzene rings is 1. The normalized spacial score (nSPS) is 11.7. The Kier molecular flexibility index (Phi) is 5.75. The van der Waals surface area contributed by atoms with Gasteiger partial charge in [0.15, 0.2) is 0 Å². The lowest BCUT2D eigenvalue weighted by atomic mass is 10.2. The second kappa shape index (κ2) is 8.39. The second-order valence-electron chi connectivity index (χ2n) is 5.60. The van der Waals surface area contributed by atoms with Gasteiger partial charge in [-0.05, 0) is 30.3 Å². The van der Waals surface area contributed by atoms with E-state index in [1.165, 1.54) is 18.5 Å². The zero-order chi connectivity index (χ0) is 20.1. The topological polar surface area (TPSA) is 119 Å². The number of nitrogens with one attached hydrogen (secondary N) is 1. The first-order valence-electron chi connectivity index (χ1n) is 7.97. The van der Waals surface area contributed by atoms with Crippen molar-refractivity contribution in [3.63, 3.8) is 0 Å². The summed E-state index contributed by atoms with van der Waals surface area (Å²) in [5, 5.41) is 7.60. The lowest BCUT2D eigenvalue weighted by Crippen LogP contribution is -2.27. The maximum Gasteiger partial charge on any atom is 0.317 e. The molecule has 8 nitrogen and oxygen atoms in total. The van der Waals surface area contributed by atoms with Gasteiger partial charge in [-0.15, -0.1) is 0 Å². The molecular formula is C17H16F3N7O. The summed E-state index contributed by atoms with van der Waals surface area (Å²) in [6.07, 6.45) is 1.40. The van der Waals surface area contributed by atoms with Gasteiger partial charge in [0, 0.05) is 18.6 Å². The number of aromatic nitrogens is 4. The summed E-state index contributed by atoms with van der Waals surface area (Å²) in [5.74, 6) is 4.77. The summed E-state index contributed by atoms with van der Waals surface area (Å²) < 4.78 is 44.4. The quantitative estimate of drug-likeness (QED) is 0.418. The van der Waals surface area contributed by atoms with Gasteiger partial charge in [0.05, 0.1) is 28.3 Å². The van der Waals surface area contributed by atoms with Crippen molar-refractivity contribution in [1.82, 2.24) is 20.2 Å². The van der Waals surface area contributed by atoms with Gasteiger partial charge in [-0.3, -0.25) is 10.1 Å². The molecule has 0 radical (unpaired) electrons. The van der Waals surface area contributed by atoms with Gasteiger partial charge in [-0.25, -0.2) is 24.0 Å². The fourth-order valence-corrected chi connectivity index (χ4v) is 2.26. The first kappa shape index (κ1) is 19.2. The molecule has 0 aliphatic rings. The number of hydrogen-bond donors (Lipinski definition) is 3. The number of halogens is 3. The predicted molar refractivity (Wildman–Crippen MR) is 95.4 cm³/mol. The Balaban J connectivity index is 1.66. The molecule has 0 saturated heterocycles. The molecule has 1 aromatic carbocycles. The SMILES string of the molecule is N/C(=C\N(N)c1ccc(F)c(C(F)F)c1)COc1nccc(-c2ccn[nH]2)n1. The Hall–Kier alpha value is -3.60. The van der Waals surface area contributed by atoms with E-state index in [-0.39, 0.29) is 24.0 Å². The minimum Gasteiger partial charge on any atom is -0.457 e. The van der Waals surface area contributed by atoms with Crippen molar-refractivity contribution in [3.05, 3.63) is 66.0 Å². The summed E-state index contributed by atoms with van der Waals surface area (Å²) in [6.45, 7) is -0.108. The number of H-pyrrole nitrogens is 1. The molecule has 11 heteroatoms. The molecule has 0 unspecified atom stereocenters. The Morgan fingerprint density at radius 2 is 2.07 bits per heavy atom. The van der Waals surface area contributed by atoms with Crippen LogP contribution >= 0.6 is 0 Å². The minimum atomic E-state index is -2.96. The molecule has 146 valence electrons. The molecule has 2 aromatic heterocycles.